The highest BCUT2D eigenvalue weighted by Crippen LogP contribution is 2.25. The van der Waals surface area contributed by atoms with Crippen molar-refractivity contribution in [1.29, 1.82) is 0 Å². The van der Waals surface area contributed by atoms with Gasteiger partial charge < -0.3 is 15.0 Å². The molecule has 5 nitrogen and oxygen atoms in total. The molecule has 8 heteroatoms. The van der Waals surface area contributed by atoms with Crippen molar-refractivity contribution in [2.75, 3.05) is 19.4 Å². The largest absolute Gasteiger partial charge is 0.497 e. The third-order valence-corrected chi connectivity index (χ3v) is 7.54. The van der Waals surface area contributed by atoms with Crippen LogP contribution in [0.1, 0.15) is 30.5 Å². The van der Waals surface area contributed by atoms with Crippen LogP contribution in [0.5, 0.6) is 5.75 Å². The van der Waals surface area contributed by atoms with Gasteiger partial charge in [0.1, 0.15) is 11.8 Å². The molecule has 0 spiro atoms. The van der Waals surface area contributed by atoms with E-state index >= 15 is 0 Å². The number of rotatable bonds is 13. The summed E-state index contributed by atoms with van der Waals surface area (Å²) in [4.78, 5) is 28.9. The molecule has 2 amide bonds. The summed E-state index contributed by atoms with van der Waals surface area (Å²) in [5.41, 5.74) is 2.80. The molecule has 1 N–H and O–H groups in total. The second-order valence-electron chi connectivity index (χ2n) is 9.44. The zero-order valence-electron chi connectivity index (χ0n) is 22.0. The number of halogens is 2. The number of nitrogens with one attached hydrogen (secondary N) is 1. The smallest absolute Gasteiger partial charge is 0.243 e. The molecule has 202 valence electrons. The molecule has 0 saturated heterocycles. The Bertz CT molecular complexity index is 1190. The molecule has 0 aliphatic carbocycles. The third-order valence-electron chi connectivity index (χ3n) is 5.96. The highest BCUT2D eigenvalue weighted by Gasteiger charge is 2.30. The highest BCUT2D eigenvalue weighted by atomic mass is 35.5. The maximum atomic E-state index is 13.7. The molecular formula is C30H34Cl2N2O3S. The molecular weight excluding hydrogens is 539 g/mol. The van der Waals surface area contributed by atoms with E-state index in [0.29, 0.717) is 28.8 Å². The number of amides is 2. The van der Waals surface area contributed by atoms with E-state index in [1.807, 2.05) is 68.4 Å². The molecule has 1 unspecified atom stereocenters. The summed E-state index contributed by atoms with van der Waals surface area (Å²) in [7, 11) is 1.63. The van der Waals surface area contributed by atoms with Gasteiger partial charge >= 0.3 is 0 Å². The van der Waals surface area contributed by atoms with Crippen LogP contribution in [0, 0.1) is 5.92 Å². The van der Waals surface area contributed by atoms with Gasteiger partial charge in [-0.3, -0.25) is 9.59 Å². The highest BCUT2D eigenvalue weighted by molar-refractivity contribution is 7.99. The molecule has 0 bridgehead atoms. The van der Waals surface area contributed by atoms with Gasteiger partial charge in [-0.15, -0.1) is 11.8 Å². The van der Waals surface area contributed by atoms with Gasteiger partial charge in [-0.05, 0) is 46.9 Å². The van der Waals surface area contributed by atoms with Crippen LogP contribution < -0.4 is 10.1 Å². The molecule has 0 fully saturated rings. The van der Waals surface area contributed by atoms with Crippen LogP contribution >= 0.6 is 35.0 Å². The zero-order chi connectivity index (χ0) is 27.5. The number of ether oxygens (including phenoxy) is 1. The Morgan fingerprint density at radius 3 is 2.32 bits per heavy atom. The van der Waals surface area contributed by atoms with Crippen LogP contribution in [-0.2, 0) is 28.3 Å². The number of thioether (sulfide) groups is 1. The molecule has 0 heterocycles. The fraction of sp³-hybridized carbons (Fsp3) is 0.333. The second-order valence-corrected chi connectivity index (χ2v) is 11.3. The number of hydrogen-bond acceptors (Lipinski definition) is 4. The second kappa shape index (κ2) is 15.1. The summed E-state index contributed by atoms with van der Waals surface area (Å²) in [6.07, 6.45) is 0.394. The SMILES string of the molecule is COc1ccc(CSCC(=O)N(Cc2ccc(Cl)cc2Cl)C(Cc2ccccc2)C(=O)NCC(C)C)cc1. The molecule has 0 saturated carbocycles. The lowest BCUT2D eigenvalue weighted by Crippen LogP contribution is -2.51. The monoisotopic (exact) mass is 572 g/mol. The van der Waals surface area contributed by atoms with Crippen molar-refractivity contribution in [3.8, 4) is 5.75 Å². The molecule has 3 aromatic rings. The predicted molar refractivity (Wildman–Crippen MR) is 158 cm³/mol. The Balaban J connectivity index is 1.85. The van der Waals surface area contributed by atoms with E-state index in [0.717, 1.165) is 22.4 Å². The number of carbonyl (C=O) groups is 2. The summed E-state index contributed by atoms with van der Waals surface area (Å²) in [6, 6.07) is 22.0. The average molecular weight is 574 g/mol. The number of methoxy groups -OCH3 is 1. The summed E-state index contributed by atoms with van der Waals surface area (Å²) in [5.74, 6) is 1.65. The quantitative estimate of drug-likeness (QED) is 0.249. The van der Waals surface area contributed by atoms with E-state index in [2.05, 4.69) is 5.32 Å². The lowest BCUT2D eigenvalue weighted by Gasteiger charge is -2.32. The predicted octanol–water partition coefficient (Wildman–Crippen LogP) is 6.65. The van der Waals surface area contributed by atoms with Crippen molar-refractivity contribution in [1.82, 2.24) is 10.2 Å². The van der Waals surface area contributed by atoms with Gasteiger partial charge in [-0.1, -0.05) is 85.6 Å². The van der Waals surface area contributed by atoms with Crippen LogP contribution in [0.25, 0.3) is 0 Å². The summed E-state index contributed by atoms with van der Waals surface area (Å²) >= 11 is 14.1. The van der Waals surface area contributed by atoms with E-state index < -0.39 is 6.04 Å². The van der Waals surface area contributed by atoms with Crippen LogP contribution in [0.3, 0.4) is 0 Å². The molecule has 0 radical (unpaired) electrons. The van der Waals surface area contributed by atoms with Gasteiger partial charge in [-0.25, -0.2) is 0 Å². The lowest BCUT2D eigenvalue weighted by atomic mass is 10.0. The lowest BCUT2D eigenvalue weighted by molar-refractivity contribution is -0.139. The minimum absolute atomic E-state index is 0.129. The zero-order valence-corrected chi connectivity index (χ0v) is 24.3. The van der Waals surface area contributed by atoms with Crippen LogP contribution in [0.4, 0.5) is 0 Å². The Hall–Kier alpha value is -2.67. The van der Waals surface area contributed by atoms with E-state index in [9.17, 15) is 9.59 Å². The normalized spacial score (nSPS) is 11.7. The molecule has 0 aromatic heterocycles. The molecule has 3 rings (SSSR count). The molecule has 38 heavy (non-hydrogen) atoms. The van der Waals surface area contributed by atoms with Crippen molar-refractivity contribution < 1.29 is 14.3 Å². The maximum Gasteiger partial charge on any atom is 0.243 e. The fourth-order valence-corrected chi connectivity index (χ4v) is 5.21. The standard InChI is InChI=1S/C30H34Cl2N2O3S/c1-21(2)17-33-30(36)28(15-22-7-5-4-6-8-22)34(18-24-11-12-25(31)16-27(24)32)29(35)20-38-19-23-9-13-26(37-3)14-10-23/h4-14,16,21,28H,15,17-20H2,1-3H3,(H,33,36). The number of carbonyl (C=O) groups excluding carboxylic acids is 2. The molecule has 1 atom stereocenters. The third kappa shape index (κ3) is 9.26. The van der Waals surface area contributed by atoms with Crippen LogP contribution in [0.2, 0.25) is 10.0 Å². The average Bonchev–Trinajstić information content (AvgIpc) is 2.91. The van der Waals surface area contributed by atoms with E-state index in [4.69, 9.17) is 27.9 Å². The maximum absolute atomic E-state index is 13.7. The van der Waals surface area contributed by atoms with Crippen molar-refractivity contribution in [3.63, 3.8) is 0 Å². The summed E-state index contributed by atoms with van der Waals surface area (Å²) < 4.78 is 5.22. The fourth-order valence-electron chi connectivity index (χ4n) is 3.87. The van der Waals surface area contributed by atoms with Crippen molar-refractivity contribution in [3.05, 3.63) is 99.5 Å². The Morgan fingerprint density at radius 1 is 0.974 bits per heavy atom. The molecule has 0 aliphatic heterocycles. The van der Waals surface area contributed by atoms with Crippen molar-refractivity contribution in [2.45, 2.75) is 38.6 Å². The van der Waals surface area contributed by atoms with Crippen molar-refractivity contribution >= 4 is 46.8 Å². The van der Waals surface area contributed by atoms with Gasteiger partial charge in [0.05, 0.1) is 12.9 Å². The van der Waals surface area contributed by atoms with Crippen molar-refractivity contribution in [2.24, 2.45) is 5.92 Å². The van der Waals surface area contributed by atoms with E-state index in [1.54, 1.807) is 30.2 Å². The number of hydrogen-bond donors (Lipinski definition) is 1. The minimum Gasteiger partial charge on any atom is -0.497 e. The summed E-state index contributed by atoms with van der Waals surface area (Å²) in [5, 5.41) is 4.01. The minimum atomic E-state index is -0.697. The Labute approximate surface area is 239 Å². The van der Waals surface area contributed by atoms with Gasteiger partial charge in [-0.2, -0.15) is 0 Å². The molecule has 3 aromatic carbocycles. The molecule has 0 aliphatic rings. The van der Waals surface area contributed by atoms with E-state index in [1.165, 1.54) is 11.8 Å². The first-order chi connectivity index (χ1) is 18.3. The first kappa shape index (κ1) is 29.9. The van der Waals surface area contributed by atoms with E-state index in [-0.39, 0.29) is 30.0 Å². The first-order valence-electron chi connectivity index (χ1n) is 12.5. The van der Waals surface area contributed by atoms with Gasteiger partial charge in [0.15, 0.2) is 0 Å². The first-order valence-corrected chi connectivity index (χ1v) is 14.4. The van der Waals surface area contributed by atoms with Gasteiger partial charge in [0.25, 0.3) is 0 Å². The Kier molecular flexibility index (Phi) is 11.8. The number of benzene rings is 3. The van der Waals surface area contributed by atoms with Gasteiger partial charge in [0, 0.05) is 35.3 Å². The topological polar surface area (TPSA) is 58.6 Å². The summed E-state index contributed by atoms with van der Waals surface area (Å²) in [6.45, 7) is 4.81. The van der Waals surface area contributed by atoms with Crippen LogP contribution in [0.15, 0.2) is 72.8 Å². The Morgan fingerprint density at radius 2 is 1.68 bits per heavy atom. The number of nitrogens with zero attached hydrogens (tertiary/aromatic N) is 1. The van der Waals surface area contributed by atoms with Gasteiger partial charge in [0.2, 0.25) is 11.8 Å². The van der Waals surface area contributed by atoms with Crippen LogP contribution in [-0.4, -0.2) is 42.2 Å².